The number of hydrogen-bond donors (Lipinski definition) is 3. The molecule has 1 heterocycles. The molecule has 1 unspecified atom stereocenters. The van der Waals surface area contributed by atoms with E-state index in [0.29, 0.717) is 6.54 Å². The molecule has 2 aromatic carbocycles. The molecule has 0 aliphatic carbocycles. The van der Waals surface area contributed by atoms with Gasteiger partial charge in [-0.3, -0.25) is 4.79 Å². The Balaban J connectivity index is 1.67. The van der Waals surface area contributed by atoms with E-state index in [1.807, 2.05) is 48.7 Å². The molecule has 0 spiro atoms. The number of amides is 2. The van der Waals surface area contributed by atoms with Crippen molar-refractivity contribution in [3.8, 4) is 5.75 Å². The average molecular weight is 438 g/mol. The fourth-order valence-electron chi connectivity index (χ4n) is 3.52. The maximum atomic E-state index is 12.4. The van der Waals surface area contributed by atoms with Gasteiger partial charge in [-0.05, 0) is 50.1 Å². The molecule has 3 rings (SSSR count). The topological polar surface area (TPSA) is 92.5 Å². The summed E-state index contributed by atoms with van der Waals surface area (Å²) >= 11 is 0. The van der Waals surface area contributed by atoms with Gasteiger partial charge in [-0.15, -0.1) is 0 Å². The number of ether oxygens (including phenoxy) is 2. The highest BCUT2D eigenvalue weighted by Gasteiger charge is 2.20. The van der Waals surface area contributed by atoms with Crippen molar-refractivity contribution in [2.75, 3.05) is 20.2 Å². The highest BCUT2D eigenvalue weighted by atomic mass is 16.6. The summed E-state index contributed by atoms with van der Waals surface area (Å²) in [4.78, 5) is 27.5. The van der Waals surface area contributed by atoms with E-state index in [1.54, 1.807) is 27.9 Å². The van der Waals surface area contributed by atoms with Crippen LogP contribution in [0.25, 0.3) is 10.9 Å². The summed E-state index contributed by atoms with van der Waals surface area (Å²) in [7, 11) is 1.64. The third-order valence-electron chi connectivity index (χ3n) is 5.04. The van der Waals surface area contributed by atoms with Crippen LogP contribution >= 0.6 is 0 Å². The molecule has 0 bridgehead atoms. The van der Waals surface area contributed by atoms with E-state index < -0.39 is 11.7 Å². The lowest BCUT2D eigenvalue weighted by atomic mass is 9.90. The van der Waals surface area contributed by atoms with Gasteiger partial charge in [-0.2, -0.15) is 0 Å². The van der Waals surface area contributed by atoms with Gasteiger partial charge < -0.3 is 25.1 Å². The first kappa shape index (κ1) is 23.2. The highest BCUT2D eigenvalue weighted by Crippen LogP contribution is 2.31. The smallest absolute Gasteiger partial charge is 0.407 e. The first-order valence-corrected chi connectivity index (χ1v) is 10.7. The van der Waals surface area contributed by atoms with Crippen LogP contribution in [0.15, 0.2) is 54.7 Å². The number of benzene rings is 2. The SMILES string of the molecule is COc1ccc(C(CNC(=O)CCNC(=O)OC(C)(C)C)c2c[nH]c3ccccc23)cc1. The molecule has 32 heavy (non-hydrogen) atoms. The molecule has 3 aromatic rings. The Morgan fingerprint density at radius 2 is 1.75 bits per heavy atom. The van der Waals surface area contributed by atoms with Crippen LogP contribution < -0.4 is 15.4 Å². The molecular formula is C25H31N3O4. The zero-order valence-electron chi connectivity index (χ0n) is 19.0. The third-order valence-corrected chi connectivity index (χ3v) is 5.04. The zero-order valence-corrected chi connectivity index (χ0v) is 19.0. The van der Waals surface area contributed by atoms with E-state index in [1.165, 1.54) is 0 Å². The van der Waals surface area contributed by atoms with E-state index in [-0.39, 0.29) is 24.8 Å². The predicted molar refractivity (Wildman–Crippen MR) is 125 cm³/mol. The van der Waals surface area contributed by atoms with Crippen molar-refractivity contribution in [2.24, 2.45) is 0 Å². The Hall–Kier alpha value is -3.48. The first-order valence-electron chi connectivity index (χ1n) is 10.7. The highest BCUT2D eigenvalue weighted by molar-refractivity contribution is 5.84. The van der Waals surface area contributed by atoms with Crippen molar-refractivity contribution in [1.29, 1.82) is 0 Å². The van der Waals surface area contributed by atoms with Crippen molar-refractivity contribution in [2.45, 2.75) is 38.7 Å². The van der Waals surface area contributed by atoms with Crippen LogP contribution in [0.4, 0.5) is 4.79 Å². The Bertz CT molecular complexity index is 1050. The Morgan fingerprint density at radius 1 is 1.03 bits per heavy atom. The number of aromatic amines is 1. The number of para-hydroxylation sites is 1. The third kappa shape index (κ3) is 6.26. The lowest BCUT2D eigenvalue weighted by molar-refractivity contribution is -0.120. The van der Waals surface area contributed by atoms with Crippen molar-refractivity contribution >= 4 is 22.9 Å². The van der Waals surface area contributed by atoms with E-state index in [2.05, 4.69) is 21.7 Å². The molecule has 170 valence electrons. The lowest BCUT2D eigenvalue weighted by Crippen LogP contribution is -2.36. The van der Waals surface area contributed by atoms with E-state index in [4.69, 9.17) is 9.47 Å². The van der Waals surface area contributed by atoms with Gasteiger partial charge in [0.2, 0.25) is 5.91 Å². The van der Waals surface area contributed by atoms with Crippen molar-refractivity contribution in [1.82, 2.24) is 15.6 Å². The fraction of sp³-hybridized carbons (Fsp3) is 0.360. The van der Waals surface area contributed by atoms with Crippen LogP contribution in [0.5, 0.6) is 5.75 Å². The van der Waals surface area contributed by atoms with Gasteiger partial charge in [0.1, 0.15) is 11.4 Å². The second-order valence-electron chi connectivity index (χ2n) is 8.60. The van der Waals surface area contributed by atoms with Gasteiger partial charge in [0, 0.05) is 42.5 Å². The quantitative estimate of drug-likeness (QED) is 0.489. The Labute approximate surface area is 188 Å². The summed E-state index contributed by atoms with van der Waals surface area (Å²) in [5.74, 6) is 0.600. The van der Waals surface area contributed by atoms with Gasteiger partial charge in [0.25, 0.3) is 0 Å². The number of nitrogens with one attached hydrogen (secondary N) is 3. The first-order chi connectivity index (χ1) is 15.3. The minimum absolute atomic E-state index is 0.0418. The number of methoxy groups -OCH3 is 1. The van der Waals surface area contributed by atoms with Gasteiger partial charge in [-0.1, -0.05) is 30.3 Å². The maximum absolute atomic E-state index is 12.4. The molecule has 0 fully saturated rings. The molecule has 7 heteroatoms. The Morgan fingerprint density at radius 3 is 2.44 bits per heavy atom. The van der Waals surface area contributed by atoms with Gasteiger partial charge in [0.05, 0.1) is 7.11 Å². The summed E-state index contributed by atoms with van der Waals surface area (Å²) in [6.07, 6.45) is 1.64. The van der Waals surface area contributed by atoms with Gasteiger partial charge >= 0.3 is 6.09 Å². The number of alkyl carbamates (subject to hydrolysis) is 1. The molecule has 3 N–H and O–H groups in total. The van der Waals surface area contributed by atoms with Crippen LogP contribution in [0.3, 0.4) is 0 Å². The van der Waals surface area contributed by atoms with Crippen molar-refractivity contribution in [3.63, 3.8) is 0 Å². The van der Waals surface area contributed by atoms with Crippen LogP contribution in [-0.2, 0) is 9.53 Å². The molecule has 0 saturated carbocycles. The molecule has 0 aliphatic heterocycles. The standard InChI is InChI=1S/C25H31N3O4/c1-25(2,3)32-24(30)26-14-13-23(29)28-15-20(17-9-11-18(31-4)12-10-17)21-16-27-22-8-6-5-7-19(21)22/h5-12,16,20,27H,13-15H2,1-4H3,(H,26,30)(H,28,29). The summed E-state index contributed by atoms with van der Waals surface area (Å²) in [6.45, 7) is 6.02. The zero-order chi connectivity index (χ0) is 23.1. The molecule has 0 saturated heterocycles. The molecule has 1 atom stereocenters. The minimum atomic E-state index is -0.572. The number of fused-ring (bicyclic) bond motifs is 1. The van der Waals surface area contributed by atoms with E-state index in [9.17, 15) is 9.59 Å². The van der Waals surface area contributed by atoms with Gasteiger partial charge in [-0.25, -0.2) is 4.79 Å². The number of hydrogen-bond acceptors (Lipinski definition) is 4. The molecule has 1 aromatic heterocycles. The molecule has 7 nitrogen and oxygen atoms in total. The normalized spacial score (nSPS) is 12.2. The minimum Gasteiger partial charge on any atom is -0.497 e. The van der Waals surface area contributed by atoms with Crippen LogP contribution in [0.2, 0.25) is 0 Å². The van der Waals surface area contributed by atoms with Crippen LogP contribution in [0, 0.1) is 0 Å². The second kappa shape index (κ2) is 10.2. The lowest BCUT2D eigenvalue weighted by Gasteiger charge is -2.20. The monoisotopic (exact) mass is 437 g/mol. The fourth-order valence-corrected chi connectivity index (χ4v) is 3.52. The van der Waals surface area contributed by atoms with E-state index >= 15 is 0 Å². The number of aromatic nitrogens is 1. The summed E-state index contributed by atoms with van der Waals surface area (Å²) < 4.78 is 10.5. The second-order valence-corrected chi connectivity index (χ2v) is 8.60. The van der Waals surface area contributed by atoms with E-state index in [0.717, 1.165) is 27.8 Å². The molecule has 2 amide bonds. The molecular weight excluding hydrogens is 406 g/mol. The largest absolute Gasteiger partial charge is 0.497 e. The Kier molecular flexibility index (Phi) is 7.41. The number of rotatable bonds is 8. The average Bonchev–Trinajstić information content (AvgIpc) is 3.17. The van der Waals surface area contributed by atoms with Crippen LogP contribution in [0.1, 0.15) is 44.2 Å². The summed E-state index contributed by atoms with van der Waals surface area (Å²) in [5, 5.41) is 6.74. The summed E-state index contributed by atoms with van der Waals surface area (Å²) in [5.41, 5.74) is 2.66. The van der Waals surface area contributed by atoms with Crippen molar-refractivity contribution < 1.29 is 19.1 Å². The van der Waals surface area contributed by atoms with Gasteiger partial charge in [0.15, 0.2) is 0 Å². The predicted octanol–water partition coefficient (Wildman–Crippen LogP) is 4.34. The summed E-state index contributed by atoms with van der Waals surface area (Å²) in [6, 6.07) is 16.0. The number of carbonyl (C=O) groups is 2. The molecule has 0 aliphatic rings. The number of carbonyl (C=O) groups excluding carboxylic acids is 2. The molecule has 0 radical (unpaired) electrons. The van der Waals surface area contributed by atoms with Crippen LogP contribution in [-0.4, -0.2) is 42.8 Å². The maximum Gasteiger partial charge on any atom is 0.407 e. The number of H-pyrrole nitrogens is 1. The van der Waals surface area contributed by atoms with Crippen molar-refractivity contribution in [3.05, 3.63) is 65.9 Å².